The molecule has 4 rings (SSSR count). The van der Waals surface area contributed by atoms with E-state index in [9.17, 15) is 0 Å². The molecular weight excluding hydrogens is 588 g/mol. The number of allylic oxidation sites excluding steroid dienone is 8. The van der Waals surface area contributed by atoms with Crippen LogP contribution in [0.15, 0.2) is 48.6 Å². The fourth-order valence-electron chi connectivity index (χ4n) is 4.32. The molecule has 4 aliphatic carbocycles. The number of fused-ring (bicyclic) bond motifs is 2. The number of hydrogen-bond donors (Lipinski definition) is 0. The molecule has 2 saturated carbocycles. The first-order valence-electron chi connectivity index (χ1n) is 13.3. The van der Waals surface area contributed by atoms with E-state index in [1.807, 2.05) is 0 Å². The Labute approximate surface area is 264 Å². The fraction of sp³-hybridized carbons (Fsp3) is 0.412. The molecule has 0 aromatic heterocycles. The molecule has 5 heteroatoms. The molecule has 4 aliphatic rings. The van der Waals surface area contributed by atoms with Crippen molar-refractivity contribution in [3.05, 3.63) is 124 Å². The van der Waals surface area contributed by atoms with E-state index in [-0.39, 0.29) is 51.1 Å². The minimum Gasteiger partial charge on any atom is -0.407 e. The van der Waals surface area contributed by atoms with Crippen molar-refractivity contribution in [2.45, 2.75) is 90.6 Å². The summed E-state index contributed by atoms with van der Waals surface area (Å²) in [5.74, 6) is 7.83. The molecule has 0 spiro atoms. The summed E-state index contributed by atoms with van der Waals surface area (Å²) in [5.41, 5.74) is 0. The van der Waals surface area contributed by atoms with E-state index in [2.05, 4.69) is 129 Å². The number of rotatable bonds is 7. The maximum Gasteiger partial charge on any atom is 4.00 e. The Bertz CT molecular complexity index is 831. The Balaban J connectivity index is 0.00000253. The third kappa shape index (κ3) is 7.98. The van der Waals surface area contributed by atoms with E-state index in [1.54, 1.807) is 0 Å². The van der Waals surface area contributed by atoms with Crippen molar-refractivity contribution in [1.82, 2.24) is 0 Å². The van der Waals surface area contributed by atoms with Crippen LogP contribution in [0, 0.1) is 75.4 Å². The maximum atomic E-state index is 6.91. The summed E-state index contributed by atoms with van der Waals surface area (Å²) >= 11 is 0. The predicted molar refractivity (Wildman–Crippen MR) is 170 cm³/mol. The van der Waals surface area contributed by atoms with E-state index >= 15 is 0 Å². The molecule has 0 amide bonds. The Morgan fingerprint density at radius 1 is 0.564 bits per heavy atom. The van der Waals surface area contributed by atoms with E-state index in [0.29, 0.717) is 0 Å². The van der Waals surface area contributed by atoms with E-state index in [1.165, 1.54) is 35.5 Å². The van der Waals surface area contributed by atoms with Crippen molar-refractivity contribution < 1.29 is 35.1 Å². The largest absolute Gasteiger partial charge is 4.00 e. The van der Waals surface area contributed by atoms with Gasteiger partial charge in [-0.3, -0.25) is 0 Å². The van der Waals surface area contributed by atoms with Gasteiger partial charge < -0.3 is 23.7 Å². The summed E-state index contributed by atoms with van der Waals surface area (Å²) in [4.78, 5) is 0. The van der Waals surface area contributed by atoms with Gasteiger partial charge >= 0.3 is 26.2 Å². The zero-order chi connectivity index (χ0) is 26.5. The van der Waals surface area contributed by atoms with Crippen molar-refractivity contribution in [2.75, 3.05) is 0 Å². The second-order valence-corrected chi connectivity index (χ2v) is 22.8. The summed E-state index contributed by atoms with van der Waals surface area (Å²) < 4.78 is 13.8. The molecule has 0 N–H and O–H groups in total. The van der Waals surface area contributed by atoms with Crippen molar-refractivity contribution in [1.29, 1.82) is 0 Å². The van der Waals surface area contributed by atoms with Crippen LogP contribution in [0.1, 0.15) is 54.4 Å². The van der Waals surface area contributed by atoms with E-state index < -0.39 is 16.6 Å². The van der Waals surface area contributed by atoms with Crippen LogP contribution in [0.2, 0.25) is 36.3 Å². The van der Waals surface area contributed by atoms with Crippen molar-refractivity contribution in [3.8, 4) is 0 Å². The molecule has 0 atom stereocenters. The average molecular weight is 638 g/mol. The van der Waals surface area contributed by atoms with Crippen LogP contribution in [-0.4, -0.2) is 16.6 Å². The normalized spacial score (nSPS) is 22.5. The zero-order valence-electron chi connectivity index (χ0n) is 26.5. The first kappa shape index (κ1) is 37.2. The molecule has 0 aliphatic heterocycles. The van der Waals surface area contributed by atoms with Crippen molar-refractivity contribution in [3.63, 3.8) is 0 Å². The Kier molecular flexibility index (Phi) is 13.0. The molecule has 0 heterocycles. The fourth-order valence-corrected chi connectivity index (χ4v) is 6.40. The molecule has 0 aromatic rings. The summed E-state index contributed by atoms with van der Waals surface area (Å²) in [6, 6.07) is 0. The van der Waals surface area contributed by atoms with Crippen molar-refractivity contribution >= 4 is 16.6 Å². The average Bonchev–Trinajstić information content (AvgIpc) is 3.27. The molecule has 0 saturated heterocycles. The van der Waals surface area contributed by atoms with Crippen LogP contribution < -0.4 is 0 Å². The van der Waals surface area contributed by atoms with E-state index in [4.69, 9.17) is 8.85 Å². The molecule has 208 valence electrons. The Hall–Kier alpha value is 0.197. The van der Waals surface area contributed by atoms with Crippen LogP contribution >= 0.6 is 0 Å². The third-order valence-corrected chi connectivity index (χ3v) is 17.4. The molecule has 2 nitrogen and oxygen atoms in total. The third-order valence-electron chi connectivity index (χ3n) is 8.71. The maximum absolute atomic E-state index is 6.91. The standard InChI is InChI=1S/C32H44O2Si2.2CH3.Zr/c1-31(2,3)35(7,8)33-29-21-23-15-11-13-17-25(23)27(29)19-20-28-26-18-14-12-16-24(26)22-30(28)34-36(9,10)32(4,5)6;;;/h11-18,21-22H,19-20H2,1-10H3;2*1H3;/q;2*-1;+4. The first-order chi connectivity index (χ1) is 16.6. The summed E-state index contributed by atoms with van der Waals surface area (Å²) in [6.45, 7) is 23.2. The monoisotopic (exact) mass is 636 g/mol. The van der Waals surface area contributed by atoms with Gasteiger partial charge in [0.25, 0.3) is 0 Å². The topological polar surface area (TPSA) is 18.5 Å². The van der Waals surface area contributed by atoms with Crippen LogP contribution in [0.3, 0.4) is 0 Å². The molecule has 0 bridgehead atoms. The minimum absolute atomic E-state index is 0. The van der Waals surface area contributed by atoms with E-state index in [0.717, 1.165) is 25.0 Å². The molecular formula is C34H50O2Si2Zr+2. The summed E-state index contributed by atoms with van der Waals surface area (Å²) in [6.07, 6.45) is 26.0. The quantitative estimate of drug-likeness (QED) is 0.204. The molecule has 39 heavy (non-hydrogen) atoms. The van der Waals surface area contributed by atoms with Gasteiger partial charge in [0.05, 0.1) is 12.2 Å². The Morgan fingerprint density at radius 3 is 1.18 bits per heavy atom. The molecule has 0 aromatic carbocycles. The second-order valence-electron chi connectivity index (χ2n) is 13.4. The number of hydrogen-bond acceptors (Lipinski definition) is 2. The van der Waals surface area contributed by atoms with Gasteiger partial charge in [0.15, 0.2) is 16.6 Å². The minimum atomic E-state index is -1.96. The van der Waals surface area contributed by atoms with Gasteiger partial charge in [-0.05, 0) is 49.1 Å². The van der Waals surface area contributed by atoms with Gasteiger partial charge in [-0.15, -0.1) is 0 Å². The van der Waals surface area contributed by atoms with Crippen LogP contribution in [0.4, 0.5) is 0 Å². The molecule has 10 radical (unpaired) electrons. The van der Waals surface area contributed by atoms with Gasteiger partial charge in [-0.1, -0.05) is 90.2 Å². The van der Waals surface area contributed by atoms with Gasteiger partial charge in [-0.25, -0.2) is 0 Å². The van der Waals surface area contributed by atoms with Gasteiger partial charge in [-0.2, -0.15) is 0 Å². The Morgan fingerprint density at radius 2 is 0.872 bits per heavy atom. The van der Waals surface area contributed by atoms with Crippen LogP contribution in [0.25, 0.3) is 0 Å². The summed E-state index contributed by atoms with van der Waals surface area (Å²) in [7, 11) is -3.92. The zero-order valence-corrected chi connectivity index (χ0v) is 31.0. The SMILES string of the molecule is CC(C)(C)[Si](C)(C)O[C]1[CH][C]2C=CC=C[C]2[C]1CC[C]1[C](O[Si](C)(C)C(C)(C)C)[CH][C]2C=CC=C[C]21.[CH3-].[CH3-].[Zr+4]. The van der Waals surface area contributed by atoms with Gasteiger partial charge in [0.2, 0.25) is 0 Å². The van der Waals surface area contributed by atoms with Crippen LogP contribution in [-0.2, 0) is 35.1 Å². The van der Waals surface area contributed by atoms with Crippen molar-refractivity contribution in [2.24, 2.45) is 0 Å². The van der Waals surface area contributed by atoms with Gasteiger partial charge in [0, 0.05) is 48.3 Å². The van der Waals surface area contributed by atoms with Crippen LogP contribution in [0.5, 0.6) is 0 Å². The second kappa shape index (κ2) is 13.7. The van der Waals surface area contributed by atoms with Gasteiger partial charge in [0.1, 0.15) is 0 Å². The molecule has 0 unspecified atom stereocenters. The predicted octanol–water partition coefficient (Wildman–Crippen LogP) is 9.91. The smallest absolute Gasteiger partial charge is 0.407 e. The first-order valence-corrected chi connectivity index (χ1v) is 19.1. The molecule has 2 fully saturated rings. The summed E-state index contributed by atoms with van der Waals surface area (Å²) in [5, 5.41) is 0.305.